The molecule has 1 fully saturated rings. The van der Waals surface area contributed by atoms with Crippen molar-refractivity contribution in [2.24, 2.45) is 0 Å². The molecule has 0 amide bonds. The minimum absolute atomic E-state index is 0.707. The summed E-state index contributed by atoms with van der Waals surface area (Å²) in [6, 6.07) is 1.42. The van der Waals surface area contributed by atoms with E-state index in [0.29, 0.717) is 6.04 Å². The molecule has 1 rings (SSSR count). The predicted octanol–water partition coefficient (Wildman–Crippen LogP) is 3.03. The first-order chi connectivity index (χ1) is 7.77. The van der Waals surface area contributed by atoms with Gasteiger partial charge in [0.1, 0.15) is 0 Å². The Balaban J connectivity index is 2.24. The van der Waals surface area contributed by atoms with Gasteiger partial charge < -0.3 is 5.32 Å². The van der Waals surface area contributed by atoms with Crippen molar-refractivity contribution in [1.29, 1.82) is 0 Å². The van der Waals surface area contributed by atoms with Crippen LogP contribution in [0.1, 0.15) is 59.3 Å². The summed E-state index contributed by atoms with van der Waals surface area (Å²) in [5.41, 5.74) is 0. The number of hydrogen-bond acceptors (Lipinski definition) is 2. The van der Waals surface area contributed by atoms with Gasteiger partial charge in [-0.2, -0.15) is 0 Å². The molecule has 1 N–H and O–H groups in total. The molecule has 1 heterocycles. The average Bonchev–Trinajstić information content (AvgIpc) is 2.58. The molecule has 0 aromatic rings. The molecule has 0 aromatic carbocycles. The number of nitrogens with zero attached hydrogens (tertiary/aromatic N) is 1. The van der Waals surface area contributed by atoms with E-state index in [9.17, 15) is 0 Å². The fourth-order valence-corrected chi connectivity index (χ4v) is 2.58. The summed E-state index contributed by atoms with van der Waals surface area (Å²) >= 11 is 0. The number of likely N-dealkylation sites (tertiary alicyclic amines) is 1. The fraction of sp³-hybridized carbons (Fsp3) is 1.00. The highest BCUT2D eigenvalue weighted by molar-refractivity contribution is 4.74. The van der Waals surface area contributed by atoms with Gasteiger partial charge in [0.15, 0.2) is 0 Å². The lowest BCUT2D eigenvalue weighted by Gasteiger charge is -2.29. The molecule has 0 aliphatic carbocycles. The van der Waals surface area contributed by atoms with E-state index in [4.69, 9.17) is 0 Å². The van der Waals surface area contributed by atoms with Crippen molar-refractivity contribution in [2.45, 2.75) is 71.4 Å². The lowest BCUT2D eigenvalue weighted by atomic mass is 10.1. The van der Waals surface area contributed by atoms with Crippen LogP contribution in [0.4, 0.5) is 0 Å². The van der Waals surface area contributed by atoms with E-state index in [-0.39, 0.29) is 0 Å². The van der Waals surface area contributed by atoms with Crippen LogP contribution in [0.3, 0.4) is 0 Å². The van der Waals surface area contributed by atoms with Crippen LogP contribution >= 0.6 is 0 Å². The van der Waals surface area contributed by atoms with Gasteiger partial charge in [-0.25, -0.2) is 0 Å². The summed E-state index contributed by atoms with van der Waals surface area (Å²) in [5.74, 6) is 0. The van der Waals surface area contributed by atoms with Gasteiger partial charge in [-0.1, -0.05) is 26.7 Å². The van der Waals surface area contributed by atoms with Gasteiger partial charge in [-0.3, -0.25) is 4.90 Å². The monoisotopic (exact) mass is 226 g/mol. The van der Waals surface area contributed by atoms with Crippen molar-refractivity contribution in [3.63, 3.8) is 0 Å². The molecular weight excluding hydrogens is 196 g/mol. The van der Waals surface area contributed by atoms with Crippen LogP contribution in [0.5, 0.6) is 0 Å². The third kappa shape index (κ3) is 4.84. The predicted molar refractivity (Wildman–Crippen MR) is 71.9 cm³/mol. The molecule has 16 heavy (non-hydrogen) atoms. The van der Waals surface area contributed by atoms with Crippen molar-refractivity contribution >= 4 is 0 Å². The van der Waals surface area contributed by atoms with Gasteiger partial charge in [-0.15, -0.1) is 0 Å². The van der Waals surface area contributed by atoms with Crippen LogP contribution in [0.15, 0.2) is 0 Å². The highest BCUT2D eigenvalue weighted by Crippen LogP contribution is 2.12. The quantitative estimate of drug-likeness (QED) is 0.749. The zero-order chi connectivity index (χ0) is 11.8. The molecule has 0 bridgehead atoms. The van der Waals surface area contributed by atoms with Gasteiger partial charge in [-0.05, 0) is 45.7 Å². The molecule has 96 valence electrons. The first-order valence-electron chi connectivity index (χ1n) is 7.25. The lowest BCUT2D eigenvalue weighted by molar-refractivity contribution is 0.207. The molecule has 1 aliphatic rings. The van der Waals surface area contributed by atoms with E-state index in [0.717, 1.165) is 12.6 Å². The Morgan fingerprint density at radius 2 is 1.56 bits per heavy atom. The lowest BCUT2D eigenvalue weighted by Crippen LogP contribution is -2.43. The average molecular weight is 226 g/mol. The molecule has 0 aromatic heterocycles. The Labute approximate surface area is 102 Å². The highest BCUT2D eigenvalue weighted by Gasteiger charge is 2.16. The van der Waals surface area contributed by atoms with Crippen LogP contribution in [0, 0.1) is 0 Å². The number of nitrogens with one attached hydrogen (secondary N) is 1. The fourth-order valence-electron chi connectivity index (χ4n) is 2.58. The van der Waals surface area contributed by atoms with Gasteiger partial charge in [0.2, 0.25) is 0 Å². The zero-order valence-corrected chi connectivity index (χ0v) is 11.5. The van der Waals surface area contributed by atoms with Crippen LogP contribution in [-0.2, 0) is 0 Å². The maximum Gasteiger partial charge on any atom is 0.0192 e. The Kier molecular flexibility index (Phi) is 7.06. The van der Waals surface area contributed by atoms with Gasteiger partial charge >= 0.3 is 0 Å². The SMILES string of the molecule is CCC(CC)NCC(C)N1CCCCCC1. The molecule has 1 saturated heterocycles. The van der Waals surface area contributed by atoms with E-state index in [1.165, 1.54) is 51.6 Å². The first kappa shape index (κ1) is 14.0. The summed E-state index contributed by atoms with van der Waals surface area (Å²) in [4.78, 5) is 2.67. The van der Waals surface area contributed by atoms with Gasteiger partial charge in [0.25, 0.3) is 0 Å². The van der Waals surface area contributed by atoms with Crippen LogP contribution in [-0.4, -0.2) is 36.6 Å². The standard InChI is InChI=1S/C14H30N2/c1-4-14(5-2)15-12-13(3)16-10-8-6-7-9-11-16/h13-15H,4-12H2,1-3H3. The van der Waals surface area contributed by atoms with E-state index in [1.54, 1.807) is 0 Å². The molecule has 1 aliphatic heterocycles. The second-order valence-corrected chi connectivity index (χ2v) is 5.22. The summed E-state index contributed by atoms with van der Waals surface area (Å²) < 4.78 is 0. The smallest absolute Gasteiger partial charge is 0.0192 e. The Bertz CT molecular complexity index is 158. The maximum atomic E-state index is 3.69. The van der Waals surface area contributed by atoms with Gasteiger partial charge in [0, 0.05) is 18.6 Å². The van der Waals surface area contributed by atoms with E-state index >= 15 is 0 Å². The minimum Gasteiger partial charge on any atom is -0.312 e. The summed E-state index contributed by atoms with van der Waals surface area (Å²) in [7, 11) is 0. The molecule has 2 heteroatoms. The number of rotatable bonds is 6. The minimum atomic E-state index is 0.707. The third-order valence-electron chi connectivity index (χ3n) is 3.95. The largest absolute Gasteiger partial charge is 0.312 e. The molecule has 1 atom stereocenters. The van der Waals surface area contributed by atoms with Crippen molar-refractivity contribution in [3.05, 3.63) is 0 Å². The topological polar surface area (TPSA) is 15.3 Å². The molecule has 1 unspecified atom stereocenters. The van der Waals surface area contributed by atoms with E-state index in [1.807, 2.05) is 0 Å². The summed E-state index contributed by atoms with van der Waals surface area (Å²) in [6.07, 6.45) is 8.17. The van der Waals surface area contributed by atoms with E-state index in [2.05, 4.69) is 31.0 Å². The van der Waals surface area contributed by atoms with Crippen LogP contribution in [0.25, 0.3) is 0 Å². The van der Waals surface area contributed by atoms with Crippen molar-refractivity contribution in [1.82, 2.24) is 10.2 Å². The van der Waals surface area contributed by atoms with Crippen molar-refractivity contribution in [2.75, 3.05) is 19.6 Å². The maximum absolute atomic E-state index is 3.69. The highest BCUT2D eigenvalue weighted by atomic mass is 15.2. The molecular formula is C14H30N2. The van der Waals surface area contributed by atoms with Crippen LogP contribution < -0.4 is 5.32 Å². The summed E-state index contributed by atoms with van der Waals surface area (Å²) in [6.45, 7) is 10.7. The molecule has 0 radical (unpaired) electrons. The van der Waals surface area contributed by atoms with Gasteiger partial charge in [0.05, 0.1) is 0 Å². The Hall–Kier alpha value is -0.0800. The first-order valence-corrected chi connectivity index (χ1v) is 7.25. The van der Waals surface area contributed by atoms with E-state index < -0.39 is 0 Å². The van der Waals surface area contributed by atoms with Crippen molar-refractivity contribution in [3.8, 4) is 0 Å². The van der Waals surface area contributed by atoms with Crippen molar-refractivity contribution < 1.29 is 0 Å². The molecule has 2 nitrogen and oxygen atoms in total. The molecule has 0 spiro atoms. The Morgan fingerprint density at radius 3 is 2.06 bits per heavy atom. The number of hydrogen-bond donors (Lipinski definition) is 1. The Morgan fingerprint density at radius 1 is 1.00 bits per heavy atom. The molecule has 0 saturated carbocycles. The second-order valence-electron chi connectivity index (χ2n) is 5.22. The van der Waals surface area contributed by atoms with Crippen LogP contribution in [0.2, 0.25) is 0 Å². The third-order valence-corrected chi connectivity index (χ3v) is 3.95. The zero-order valence-electron chi connectivity index (χ0n) is 11.5. The normalized spacial score (nSPS) is 21.0. The summed E-state index contributed by atoms with van der Waals surface area (Å²) in [5, 5.41) is 3.69. The second kappa shape index (κ2) is 8.08.